The Hall–Kier alpha value is -4.66. The normalized spacial score (nSPS) is 11.1. The summed E-state index contributed by atoms with van der Waals surface area (Å²) >= 11 is 0. The lowest BCUT2D eigenvalue weighted by Crippen LogP contribution is -2.28. The molecule has 2 heterocycles. The fourth-order valence-corrected chi connectivity index (χ4v) is 3.75. The van der Waals surface area contributed by atoms with Crippen LogP contribution in [0.2, 0.25) is 0 Å². The Labute approximate surface area is 192 Å². The van der Waals surface area contributed by atoms with Crippen molar-refractivity contribution in [2.24, 2.45) is 0 Å². The van der Waals surface area contributed by atoms with Gasteiger partial charge in [-0.05, 0) is 24.3 Å². The lowest BCUT2D eigenvalue weighted by atomic mass is 10.1. The number of hydrogen-bond acceptors (Lipinski definition) is 7. The van der Waals surface area contributed by atoms with Crippen molar-refractivity contribution in [3.05, 3.63) is 77.3 Å². The van der Waals surface area contributed by atoms with Gasteiger partial charge >= 0.3 is 5.97 Å². The molecule has 2 aromatic heterocycles. The quantitative estimate of drug-likeness (QED) is 0.389. The lowest BCUT2D eigenvalue weighted by molar-refractivity contribution is -0.147. The van der Waals surface area contributed by atoms with Crippen LogP contribution >= 0.6 is 0 Å². The molecule has 0 aliphatic heterocycles. The van der Waals surface area contributed by atoms with Crippen LogP contribution in [-0.4, -0.2) is 35.1 Å². The number of hydrogen-bond donors (Lipinski definition) is 1. The van der Waals surface area contributed by atoms with E-state index in [2.05, 4.69) is 10.3 Å². The summed E-state index contributed by atoms with van der Waals surface area (Å²) in [5, 5.41) is 4.85. The molecule has 0 aliphatic carbocycles. The highest BCUT2D eigenvalue weighted by molar-refractivity contribution is 6.07. The highest BCUT2D eigenvalue weighted by Crippen LogP contribution is 2.36. The van der Waals surface area contributed by atoms with Crippen molar-refractivity contribution < 1.29 is 23.5 Å². The standard InChI is InChI=1S/C25H19N3O6/c1-32-22-10-17-15-6-3-5-9-20(15)34-21(17)11-19(22)27-23(29)13-33-24(30)12-28-14-26-18-8-4-2-7-16(18)25(28)31/h2-11,14H,12-13H2,1H3,(H,27,29). The SMILES string of the molecule is COc1cc2c(cc1NC(=O)COC(=O)Cn1cnc3ccccc3c1=O)oc1ccccc12. The van der Waals surface area contributed by atoms with E-state index in [1.807, 2.05) is 24.3 Å². The molecule has 1 N–H and O–H groups in total. The maximum Gasteiger partial charge on any atom is 0.326 e. The molecule has 0 aliphatic rings. The molecule has 0 saturated carbocycles. The maximum absolute atomic E-state index is 12.5. The molecule has 1 amide bonds. The molecule has 0 unspecified atom stereocenters. The number of rotatable bonds is 6. The first-order chi connectivity index (χ1) is 16.5. The number of carbonyl (C=O) groups excluding carboxylic acids is 2. The number of ether oxygens (including phenoxy) is 2. The highest BCUT2D eigenvalue weighted by atomic mass is 16.5. The van der Waals surface area contributed by atoms with E-state index in [1.165, 1.54) is 13.4 Å². The Kier molecular flexibility index (Phi) is 5.43. The van der Waals surface area contributed by atoms with Crippen molar-refractivity contribution >= 4 is 50.4 Å². The lowest BCUT2D eigenvalue weighted by Gasteiger charge is -2.11. The van der Waals surface area contributed by atoms with Crippen molar-refractivity contribution in [2.45, 2.75) is 6.54 Å². The Morgan fingerprint density at radius 2 is 1.76 bits per heavy atom. The van der Waals surface area contributed by atoms with E-state index in [1.54, 1.807) is 36.4 Å². The molecule has 34 heavy (non-hydrogen) atoms. The van der Waals surface area contributed by atoms with Crippen LogP contribution in [0, 0.1) is 0 Å². The summed E-state index contributed by atoms with van der Waals surface area (Å²) in [6.45, 7) is -0.895. The molecule has 3 aromatic carbocycles. The topological polar surface area (TPSA) is 113 Å². The number of para-hydroxylation sites is 2. The number of esters is 1. The van der Waals surface area contributed by atoms with Crippen LogP contribution in [0.1, 0.15) is 0 Å². The van der Waals surface area contributed by atoms with Crippen molar-refractivity contribution in [1.82, 2.24) is 9.55 Å². The second-order valence-corrected chi connectivity index (χ2v) is 7.55. The molecule has 9 heteroatoms. The maximum atomic E-state index is 12.5. The summed E-state index contributed by atoms with van der Waals surface area (Å²) in [5.41, 5.74) is 1.85. The summed E-state index contributed by atoms with van der Waals surface area (Å²) < 4.78 is 17.5. The molecule has 0 fully saturated rings. The van der Waals surface area contributed by atoms with Crippen LogP contribution in [-0.2, 0) is 20.9 Å². The first kappa shape index (κ1) is 21.2. The molecule has 5 aromatic rings. The number of anilines is 1. The van der Waals surface area contributed by atoms with Crippen LogP contribution in [0.15, 0.2) is 76.2 Å². The van der Waals surface area contributed by atoms with Gasteiger partial charge in [-0.2, -0.15) is 0 Å². The summed E-state index contributed by atoms with van der Waals surface area (Å²) in [5.74, 6) is -0.868. The smallest absolute Gasteiger partial charge is 0.326 e. The first-order valence-corrected chi connectivity index (χ1v) is 10.4. The molecule has 5 rings (SSSR count). The van der Waals surface area contributed by atoms with Gasteiger partial charge in [0.1, 0.15) is 23.5 Å². The van der Waals surface area contributed by atoms with Crippen molar-refractivity contribution in [2.75, 3.05) is 19.0 Å². The third-order valence-electron chi connectivity index (χ3n) is 5.37. The summed E-state index contributed by atoms with van der Waals surface area (Å²) in [4.78, 5) is 41.3. The Balaban J connectivity index is 1.27. The second-order valence-electron chi connectivity index (χ2n) is 7.55. The molecule has 0 atom stereocenters. The number of nitrogens with one attached hydrogen (secondary N) is 1. The summed E-state index contributed by atoms with van der Waals surface area (Å²) in [7, 11) is 1.49. The van der Waals surface area contributed by atoms with Gasteiger partial charge in [0.05, 0.1) is 30.0 Å². The summed E-state index contributed by atoms with van der Waals surface area (Å²) in [6.07, 6.45) is 1.28. The average molecular weight is 457 g/mol. The van der Waals surface area contributed by atoms with Crippen LogP contribution in [0.4, 0.5) is 5.69 Å². The zero-order valence-corrected chi connectivity index (χ0v) is 18.1. The predicted octanol–water partition coefficient (Wildman–Crippen LogP) is 3.49. The number of amides is 1. The number of nitrogens with zero attached hydrogens (tertiary/aromatic N) is 2. The van der Waals surface area contributed by atoms with Gasteiger partial charge in [0.2, 0.25) is 0 Å². The van der Waals surface area contributed by atoms with Crippen molar-refractivity contribution in [1.29, 1.82) is 0 Å². The van der Waals surface area contributed by atoms with Gasteiger partial charge in [-0.3, -0.25) is 19.0 Å². The van der Waals surface area contributed by atoms with Crippen LogP contribution in [0.3, 0.4) is 0 Å². The fraction of sp³-hybridized carbons (Fsp3) is 0.120. The number of benzene rings is 3. The molecule has 0 radical (unpaired) electrons. The largest absolute Gasteiger partial charge is 0.495 e. The van der Waals surface area contributed by atoms with Crippen molar-refractivity contribution in [3.63, 3.8) is 0 Å². The third kappa shape index (κ3) is 3.95. The number of methoxy groups -OCH3 is 1. The Morgan fingerprint density at radius 3 is 2.59 bits per heavy atom. The zero-order valence-electron chi connectivity index (χ0n) is 18.1. The van der Waals surface area contributed by atoms with E-state index in [4.69, 9.17) is 13.9 Å². The molecule has 170 valence electrons. The van der Waals surface area contributed by atoms with Crippen LogP contribution < -0.4 is 15.6 Å². The minimum absolute atomic E-state index is 0.363. The Bertz CT molecular complexity index is 1620. The monoisotopic (exact) mass is 457 g/mol. The number of fused-ring (bicyclic) bond motifs is 4. The van der Waals surface area contributed by atoms with Crippen LogP contribution in [0.5, 0.6) is 5.75 Å². The van der Waals surface area contributed by atoms with Gasteiger partial charge in [0.15, 0.2) is 6.61 Å². The second kappa shape index (κ2) is 8.70. The molecular formula is C25H19N3O6. The van der Waals surface area contributed by atoms with Crippen molar-refractivity contribution in [3.8, 4) is 5.75 Å². The predicted molar refractivity (Wildman–Crippen MR) is 126 cm³/mol. The zero-order chi connectivity index (χ0) is 23.7. The van der Waals surface area contributed by atoms with Gasteiger partial charge < -0.3 is 19.2 Å². The van der Waals surface area contributed by atoms with Gasteiger partial charge in [-0.25, -0.2) is 4.98 Å². The fourth-order valence-electron chi connectivity index (χ4n) is 3.75. The number of carbonyl (C=O) groups is 2. The van der Waals surface area contributed by atoms with Gasteiger partial charge in [0, 0.05) is 16.8 Å². The van der Waals surface area contributed by atoms with E-state index in [9.17, 15) is 14.4 Å². The highest BCUT2D eigenvalue weighted by Gasteiger charge is 2.16. The first-order valence-electron chi connectivity index (χ1n) is 10.4. The molecule has 0 saturated heterocycles. The minimum atomic E-state index is -0.742. The molecule has 0 spiro atoms. The molecular weight excluding hydrogens is 438 g/mol. The van der Waals surface area contributed by atoms with E-state index >= 15 is 0 Å². The van der Waals surface area contributed by atoms with E-state index in [0.29, 0.717) is 27.9 Å². The average Bonchev–Trinajstić information content (AvgIpc) is 3.21. The number of aromatic nitrogens is 2. The third-order valence-corrected chi connectivity index (χ3v) is 5.37. The Morgan fingerprint density at radius 1 is 1.00 bits per heavy atom. The summed E-state index contributed by atoms with van der Waals surface area (Å²) in [6, 6.07) is 17.9. The van der Waals surface area contributed by atoms with Gasteiger partial charge in [-0.15, -0.1) is 0 Å². The van der Waals surface area contributed by atoms with E-state index in [-0.39, 0.29) is 12.1 Å². The van der Waals surface area contributed by atoms with Gasteiger partial charge in [-0.1, -0.05) is 30.3 Å². The number of furan rings is 1. The molecule has 9 nitrogen and oxygen atoms in total. The van der Waals surface area contributed by atoms with E-state index < -0.39 is 18.5 Å². The van der Waals surface area contributed by atoms with E-state index in [0.717, 1.165) is 20.9 Å². The molecule has 0 bridgehead atoms. The van der Waals surface area contributed by atoms with Gasteiger partial charge in [0.25, 0.3) is 11.5 Å². The minimum Gasteiger partial charge on any atom is -0.495 e. The van der Waals surface area contributed by atoms with Crippen LogP contribution in [0.25, 0.3) is 32.8 Å².